The quantitative estimate of drug-likeness (QED) is 0.759. The highest BCUT2D eigenvalue weighted by atomic mass is 16.5. The van der Waals surface area contributed by atoms with Crippen LogP contribution in [0.5, 0.6) is 0 Å². The molecule has 0 spiro atoms. The van der Waals surface area contributed by atoms with Crippen molar-refractivity contribution < 1.29 is 13.9 Å². The average molecular weight is 273 g/mol. The fourth-order valence-electron chi connectivity index (χ4n) is 2.19. The molecule has 0 aliphatic carbocycles. The molecule has 20 heavy (non-hydrogen) atoms. The van der Waals surface area contributed by atoms with E-state index < -0.39 is 0 Å². The van der Waals surface area contributed by atoms with Gasteiger partial charge >= 0.3 is 5.97 Å². The lowest BCUT2D eigenvalue weighted by atomic mass is 9.99. The van der Waals surface area contributed by atoms with Gasteiger partial charge in [0, 0.05) is 6.54 Å². The Bertz CT molecular complexity index is 522. The standard InChI is InChI=1S/C16H19NO3/c1-17(11-14-9-6-10-20-14)12-15(16(18)19-2)13-7-4-3-5-8-13/h3-10,15H,11-12H2,1-2H3. The molecule has 0 amide bonds. The first kappa shape index (κ1) is 14.3. The summed E-state index contributed by atoms with van der Waals surface area (Å²) in [4.78, 5) is 14.0. The smallest absolute Gasteiger partial charge is 0.314 e. The maximum atomic E-state index is 12.0. The van der Waals surface area contributed by atoms with Crippen molar-refractivity contribution in [2.45, 2.75) is 12.5 Å². The molecule has 0 saturated heterocycles. The average Bonchev–Trinajstić information content (AvgIpc) is 2.97. The van der Waals surface area contributed by atoms with Gasteiger partial charge in [0.2, 0.25) is 0 Å². The highest BCUT2D eigenvalue weighted by Crippen LogP contribution is 2.19. The first-order valence-electron chi connectivity index (χ1n) is 6.54. The number of benzene rings is 1. The Hall–Kier alpha value is -2.07. The van der Waals surface area contributed by atoms with Crippen LogP contribution < -0.4 is 0 Å². The number of hydrogen-bond donors (Lipinski definition) is 0. The third-order valence-electron chi connectivity index (χ3n) is 3.19. The first-order valence-corrected chi connectivity index (χ1v) is 6.54. The number of methoxy groups -OCH3 is 1. The summed E-state index contributed by atoms with van der Waals surface area (Å²) in [6, 6.07) is 13.5. The topological polar surface area (TPSA) is 42.7 Å². The Labute approximate surface area is 119 Å². The van der Waals surface area contributed by atoms with E-state index >= 15 is 0 Å². The molecule has 4 nitrogen and oxygen atoms in total. The molecule has 1 heterocycles. The molecule has 0 saturated carbocycles. The van der Waals surface area contributed by atoms with Crippen LogP contribution in [0.4, 0.5) is 0 Å². The van der Waals surface area contributed by atoms with E-state index in [1.165, 1.54) is 7.11 Å². The summed E-state index contributed by atoms with van der Waals surface area (Å²) in [5, 5.41) is 0. The molecule has 0 aliphatic rings. The number of rotatable bonds is 6. The maximum absolute atomic E-state index is 12.0. The maximum Gasteiger partial charge on any atom is 0.314 e. The summed E-state index contributed by atoms with van der Waals surface area (Å²) in [7, 11) is 3.38. The molecular weight excluding hydrogens is 254 g/mol. The zero-order valence-electron chi connectivity index (χ0n) is 11.8. The Kier molecular flexibility index (Phi) is 4.96. The van der Waals surface area contributed by atoms with E-state index in [0.717, 1.165) is 11.3 Å². The van der Waals surface area contributed by atoms with Crippen molar-refractivity contribution in [3.05, 3.63) is 60.1 Å². The third kappa shape index (κ3) is 3.71. The number of carbonyl (C=O) groups excluding carboxylic acids is 1. The van der Waals surface area contributed by atoms with Crippen LogP contribution >= 0.6 is 0 Å². The summed E-state index contributed by atoms with van der Waals surface area (Å²) >= 11 is 0. The molecule has 2 rings (SSSR count). The largest absolute Gasteiger partial charge is 0.469 e. The van der Waals surface area contributed by atoms with Gasteiger partial charge in [-0.3, -0.25) is 9.69 Å². The van der Waals surface area contributed by atoms with Gasteiger partial charge in [0.05, 0.1) is 25.8 Å². The van der Waals surface area contributed by atoms with Crippen molar-refractivity contribution in [3.63, 3.8) is 0 Å². The fourth-order valence-corrected chi connectivity index (χ4v) is 2.19. The highest BCUT2D eigenvalue weighted by molar-refractivity contribution is 5.78. The number of esters is 1. The molecule has 0 aliphatic heterocycles. The van der Waals surface area contributed by atoms with Crippen LogP contribution in [0, 0.1) is 0 Å². The van der Waals surface area contributed by atoms with E-state index in [-0.39, 0.29) is 11.9 Å². The number of nitrogens with zero attached hydrogens (tertiary/aromatic N) is 1. The van der Waals surface area contributed by atoms with Crippen molar-refractivity contribution in [3.8, 4) is 0 Å². The molecule has 2 aromatic rings. The van der Waals surface area contributed by atoms with Crippen LogP contribution in [0.1, 0.15) is 17.2 Å². The molecule has 1 aromatic carbocycles. The lowest BCUT2D eigenvalue weighted by molar-refractivity contribution is -0.142. The molecular formula is C16H19NO3. The number of carbonyl (C=O) groups is 1. The van der Waals surface area contributed by atoms with Gasteiger partial charge in [0.15, 0.2) is 0 Å². The zero-order valence-corrected chi connectivity index (χ0v) is 11.8. The minimum atomic E-state index is -0.291. The van der Waals surface area contributed by atoms with E-state index in [2.05, 4.69) is 0 Å². The second-order valence-corrected chi connectivity index (χ2v) is 4.76. The summed E-state index contributed by atoms with van der Waals surface area (Å²) in [6.45, 7) is 1.24. The van der Waals surface area contributed by atoms with Crippen LogP contribution in [0.3, 0.4) is 0 Å². The molecule has 1 aromatic heterocycles. The molecule has 106 valence electrons. The molecule has 0 N–H and O–H groups in total. The minimum absolute atomic E-state index is 0.220. The van der Waals surface area contributed by atoms with Gasteiger partial charge < -0.3 is 9.15 Å². The summed E-state index contributed by atoms with van der Waals surface area (Å²) in [6.07, 6.45) is 1.65. The number of ether oxygens (including phenoxy) is 1. The third-order valence-corrected chi connectivity index (χ3v) is 3.19. The van der Waals surface area contributed by atoms with Gasteiger partial charge in [0.1, 0.15) is 5.76 Å². The summed E-state index contributed by atoms with van der Waals surface area (Å²) in [5.74, 6) is 0.368. The highest BCUT2D eigenvalue weighted by Gasteiger charge is 2.23. The Balaban J connectivity index is 2.06. The second-order valence-electron chi connectivity index (χ2n) is 4.76. The lowest BCUT2D eigenvalue weighted by Gasteiger charge is -2.22. The SMILES string of the molecule is COC(=O)C(CN(C)Cc1ccco1)c1ccccc1. The molecule has 0 bridgehead atoms. The lowest BCUT2D eigenvalue weighted by Crippen LogP contribution is -2.29. The van der Waals surface area contributed by atoms with Crippen molar-refractivity contribution >= 4 is 5.97 Å². The Morgan fingerprint density at radius 3 is 2.60 bits per heavy atom. The van der Waals surface area contributed by atoms with Crippen LogP contribution in [0.25, 0.3) is 0 Å². The van der Waals surface area contributed by atoms with Crippen LogP contribution in [0.15, 0.2) is 53.1 Å². The van der Waals surface area contributed by atoms with Crippen molar-refractivity contribution in [2.75, 3.05) is 20.7 Å². The minimum Gasteiger partial charge on any atom is -0.469 e. The van der Waals surface area contributed by atoms with Crippen molar-refractivity contribution in [2.24, 2.45) is 0 Å². The normalized spacial score (nSPS) is 12.3. The van der Waals surface area contributed by atoms with E-state index in [1.807, 2.05) is 54.4 Å². The monoisotopic (exact) mass is 273 g/mol. The molecule has 1 atom stereocenters. The Morgan fingerprint density at radius 2 is 2.00 bits per heavy atom. The molecule has 0 fully saturated rings. The molecule has 4 heteroatoms. The van der Waals surface area contributed by atoms with Crippen molar-refractivity contribution in [1.82, 2.24) is 4.90 Å². The molecule has 1 unspecified atom stereocenters. The van der Waals surface area contributed by atoms with Crippen LogP contribution in [0.2, 0.25) is 0 Å². The van der Waals surface area contributed by atoms with Gasteiger partial charge in [0.25, 0.3) is 0 Å². The predicted molar refractivity (Wildman–Crippen MR) is 76.2 cm³/mol. The van der Waals surface area contributed by atoms with Gasteiger partial charge in [-0.05, 0) is 24.7 Å². The van der Waals surface area contributed by atoms with Gasteiger partial charge in [-0.2, -0.15) is 0 Å². The number of hydrogen-bond acceptors (Lipinski definition) is 4. The van der Waals surface area contributed by atoms with E-state index in [4.69, 9.17) is 9.15 Å². The van der Waals surface area contributed by atoms with Crippen LogP contribution in [-0.2, 0) is 16.1 Å². The van der Waals surface area contributed by atoms with Crippen molar-refractivity contribution in [1.29, 1.82) is 0 Å². The van der Waals surface area contributed by atoms with E-state index in [1.54, 1.807) is 6.26 Å². The van der Waals surface area contributed by atoms with E-state index in [0.29, 0.717) is 13.1 Å². The number of likely N-dealkylation sites (N-methyl/N-ethyl adjacent to an activating group) is 1. The fraction of sp³-hybridized carbons (Fsp3) is 0.312. The Morgan fingerprint density at radius 1 is 1.25 bits per heavy atom. The second kappa shape index (κ2) is 6.91. The molecule has 0 radical (unpaired) electrons. The van der Waals surface area contributed by atoms with Gasteiger partial charge in [-0.25, -0.2) is 0 Å². The van der Waals surface area contributed by atoms with Gasteiger partial charge in [-0.1, -0.05) is 30.3 Å². The summed E-state index contributed by atoms with van der Waals surface area (Å²) < 4.78 is 10.2. The number of furan rings is 1. The zero-order chi connectivity index (χ0) is 14.4. The van der Waals surface area contributed by atoms with E-state index in [9.17, 15) is 4.79 Å². The summed E-state index contributed by atoms with van der Waals surface area (Å²) in [5.41, 5.74) is 0.964. The first-order chi connectivity index (χ1) is 9.70. The van der Waals surface area contributed by atoms with Crippen LogP contribution in [-0.4, -0.2) is 31.6 Å². The predicted octanol–water partition coefficient (Wildman–Crippen LogP) is 2.67. The van der Waals surface area contributed by atoms with Gasteiger partial charge in [-0.15, -0.1) is 0 Å².